The number of hydrogen-bond acceptors (Lipinski definition) is 1. The van der Waals surface area contributed by atoms with Crippen LogP contribution in [0.5, 0.6) is 0 Å². The first-order chi connectivity index (χ1) is 7.33. The van der Waals surface area contributed by atoms with E-state index in [0.717, 1.165) is 0 Å². The highest BCUT2D eigenvalue weighted by molar-refractivity contribution is 4.97. The number of hydrogen-bond donors (Lipinski definition) is 1. The van der Waals surface area contributed by atoms with E-state index in [0.29, 0.717) is 18.9 Å². The zero-order valence-corrected chi connectivity index (χ0v) is 11.0. The molecule has 0 spiro atoms. The van der Waals surface area contributed by atoms with Crippen LogP contribution in [0, 0.1) is 17.3 Å². The smallest absolute Gasteiger partial charge is 0.119 e. The summed E-state index contributed by atoms with van der Waals surface area (Å²) >= 11 is 0. The van der Waals surface area contributed by atoms with Crippen LogP contribution in [-0.4, -0.2) is 12.7 Å². The second-order valence-electron chi connectivity index (χ2n) is 5.33. The summed E-state index contributed by atoms with van der Waals surface area (Å²) in [6, 6.07) is 0. The Hall–Kier alpha value is -0.630. The Balaban J connectivity index is 4.22. The summed E-state index contributed by atoms with van der Waals surface area (Å²) in [5.74, 6) is 0.644. The predicted octanol–water partition coefficient (Wildman–Crippen LogP) is 3.71. The van der Waals surface area contributed by atoms with Gasteiger partial charge in [-0.05, 0) is 30.2 Å². The molecule has 0 aromatic rings. The molecule has 3 atom stereocenters. The van der Waals surface area contributed by atoms with Crippen LogP contribution in [-0.2, 0) is 0 Å². The lowest BCUT2D eigenvalue weighted by Crippen LogP contribution is -2.29. The van der Waals surface area contributed by atoms with Gasteiger partial charge in [-0.2, -0.15) is 0 Å². The van der Waals surface area contributed by atoms with Gasteiger partial charge < -0.3 is 5.73 Å². The van der Waals surface area contributed by atoms with Crippen molar-refractivity contribution in [3.63, 3.8) is 0 Å². The van der Waals surface area contributed by atoms with Crippen LogP contribution in [0.15, 0.2) is 24.8 Å². The summed E-state index contributed by atoms with van der Waals surface area (Å²) in [5.41, 5.74) is 5.81. The van der Waals surface area contributed by atoms with Gasteiger partial charge in [-0.25, -0.2) is 4.39 Å². The lowest BCUT2D eigenvalue weighted by Gasteiger charge is -2.28. The standard InChI is InChI=1S/C14H26FN/c1-6-13(15)9-11(2)7-8-12(3)14(4,5)10-16/h6-8,11-13H,1,9-10,16H2,2-5H3/b8-7+/t11-,12-,13?/m1/s1. The molecule has 0 saturated heterocycles. The van der Waals surface area contributed by atoms with E-state index in [9.17, 15) is 4.39 Å². The predicted molar refractivity (Wildman–Crippen MR) is 70.0 cm³/mol. The SMILES string of the molecule is C=CC(F)C[C@H](C)/C=C/[C@@H](C)C(C)(C)CN. The Labute approximate surface area is 99.6 Å². The molecule has 0 aliphatic carbocycles. The summed E-state index contributed by atoms with van der Waals surface area (Å²) in [4.78, 5) is 0. The van der Waals surface area contributed by atoms with Crippen molar-refractivity contribution in [1.29, 1.82) is 0 Å². The number of halogens is 1. The van der Waals surface area contributed by atoms with E-state index in [4.69, 9.17) is 5.73 Å². The Morgan fingerprint density at radius 2 is 1.88 bits per heavy atom. The summed E-state index contributed by atoms with van der Waals surface area (Å²) in [5, 5.41) is 0. The van der Waals surface area contributed by atoms with Gasteiger partial charge in [-0.3, -0.25) is 0 Å². The average Bonchev–Trinajstić information content (AvgIpc) is 2.25. The molecular formula is C14H26FN. The van der Waals surface area contributed by atoms with Gasteiger partial charge in [0.05, 0.1) is 0 Å². The van der Waals surface area contributed by atoms with Crippen LogP contribution in [0.4, 0.5) is 4.39 Å². The van der Waals surface area contributed by atoms with Crippen LogP contribution in [0.3, 0.4) is 0 Å². The molecule has 0 heterocycles. The molecule has 1 unspecified atom stereocenters. The van der Waals surface area contributed by atoms with Crippen molar-refractivity contribution in [3.05, 3.63) is 24.8 Å². The van der Waals surface area contributed by atoms with E-state index in [2.05, 4.69) is 39.5 Å². The van der Waals surface area contributed by atoms with Gasteiger partial charge in [0.2, 0.25) is 0 Å². The van der Waals surface area contributed by atoms with Gasteiger partial charge >= 0.3 is 0 Å². The summed E-state index contributed by atoms with van der Waals surface area (Å²) in [6.07, 6.45) is 5.19. The minimum Gasteiger partial charge on any atom is -0.330 e. The van der Waals surface area contributed by atoms with Gasteiger partial charge in [-0.15, -0.1) is 6.58 Å². The Bertz CT molecular complexity index is 233. The third kappa shape index (κ3) is 5.45. The second kappa shape index (κ2) is 6.85. The van der Waals surface area contributed by atoms with Crippen LogP contribution in [0.25, 0.3) is 0 Å². The van der Waals surface area contributed by atoms with E-state index in [-0.39, 0.29) is 11.3 Å². The topological polar surface area (TPSA) is 26.0 Å². The molecular weight excluding hydrogens is 201 g/mol. The Morgan fingerprint density at radius 1 is 1.31 bits per heavy atom. The monoisotopic (exact) mass is 227 g/mol. The fraction of sp³-hybridized carbons (Fsp3) is 0.714. The third-order valence-corrected chi connectivity index (χ3v) is 3.34. The van der Waals surface area contributed by atoms with Gasteiger partial charge in [0.25, 0.3) is 0 Å². The molecule has 0 radical (unpaired) electrons. The molecule has 16 heavy (non-hydrogen) atoms. The van der Waals surface area contributed by atoms with Gasteiger partial charge in [0.1, 0.15) is 6.17 Å². The molecule has 0 aromatic carbocycles. The molecule has 0 aromatic heterocycles. The van der Waals surface area contributed by atoms with E-state index < -0.39 is 6.17 Å². The zero-order chi connectivity index (χ0) is 12.8. The lowest BCUT2D eigenvalue weighted by molar-refractivity contribution is 0.287. The highest BCUT2D eigenvalue weighted by Crippen LogP contribution is 2.26. The maximum Gasteiger partial charge on any atom is 0.119 e. The largest absolute Gasteiger partial charge is 0.330 e. The number of nitrogens with two attached hydrogens (primary N) is 1. The molecule has 0 aliphatic rings. The molecule has 2 N–H and O–H groups in total. The lowest BCUT2D eigenvalue weighted by atomic mass is 9.79. The molecule has 0 saturated carbocycles. The molecule has 0 amide bonds. The summed E-state index contributed by atoms with van der Waals surface area (Å²) < 4.78 is 13.0. The van der Waals surface area contributed by atoms with Crippen molar-refractivity contribution in [3.8, 4) is 0 Å². The molecule has 94 valence electrons. The maximum atomic E-state index is 13.0. The average molecular weight is 227 g/mol. The van der Waals surface area contributed by atoms with E-state index in [1.54, 1.807) is 0 Å². The summed E-state index contributed by atoms with van der Waals surface area (Å²) in [6.45, 7) is 12.6. The number of rotatable bonds is 7. The first kappa shape index (κ1) is 15.4. The van der Waals surface area contributed by atoms with Crippen molar-refractivity contribution in [1.82, 2.24) is 0 Å². The van der Waals surface area contributed by atoms with E-state index in [1.807, 2.05) is 6.92 Å². The van der Waals surface area contributed by atoms with Crippen molar-refractivity contribution in [2.45, 2.75) is 40.3 Å². The molecule has 2 heteroatoms. The first-order valence-electron chi connectivity index (χ1n) is 5.98. The first-order valence-corrected chi connectivity index (χ1v) is 5.98. The zero-order valence-electron chi connectivity index (χ0n) is 11.0. The molecule has 0 fully saturated rings. The normalized spacial score (nSPS) is 18.4. The third-order valence-electron chi connectivity index (χ3n) is 3.34. The van der Waals surface area contributed by atoms with Crippen LogP contribution < -0.4 is 5.73 Å². The fourth-order valence-corrected chi connectivity index (χ4v) is 1.33. The maximum absolute atomic E-state index is 13.0. The quantitative estimate of drug-likeness (QED) is 0.659. The van der Waals surface area contributed by atoms with E-state index >= 15 is 0 Å². The fourth-order valence-electron chi connectivity index (χ4n) is 1.33. The van der Waals surface area contributed by atoms with Crippen molar-refractivity contribution < 1.29 is 4.39 Å². The minimum atomic E-state index is -0.905. The van der Waals surface area contributed by atoms with Gasteiger partial charge in [0.15, 0.2) is 0 Å². The highest BCUT2D eigenvalue weighted by atomic mass is 19.1. The molecule has 0 rings (SSSR count). The Morgan fingerprint density at radius 3 is 2.31 bits per heavy atom. The van der Waals surface area contributed by atoms with Crippen molar-refractivity contribution >= 4 is 0 Å². The van der Waals surface area contributed by atoms with Crippen molar-refractivity contribution in [2.75, 3.05) is 6.54 Å². The highest BCUT2D eigenvalue weighted by Gasteiger charge is 2.21. The minimum absolute atomic E-state index is 0.101. The van der Waals surface area contributed by atoms with Crippen LogP contribution in [0.2, 0.25) is 0 Å². The molecule has 0 bridgehead atoms. The Kier molecular flexibility index (Phi) is 6.58. The molecule has 0 aliphatic heterocycles. The summed E-state index contributed by atoms with van der Waals surface area (Å²) in [7, 11) is 0. The van der Waals surface area contributed by atoms with Crippen LogP contribution >= 0.6 is 0 Å². The van der Waals surface area contributed by atoms with Crippen molar-refractivity contribution in [2.24, 2.45) is 23.0 Å². The number of alkyl halides is 1. The van der Waals surface area contributed by atoms with Gasteiger partial charge in [0, 0.05) is 0 Å². The van der Waals surface area contributed by atoms with Crippen LogP contribution in [0.1, 0.15) is 34.1 Å². The number of allylic oxidation sites excluding steroid dienone is 3. The van der Waals surface area contributed by atoms with E-state index in [1.165, 1.54) is 6.08 Å². The molecule has 1 nitrogen and oxygen atoms in total. The van der Waals surface area contributed by atoms with Gasteiger partial charge in [-0.1, -0.05) is 45.9 Å². The second-order valence-corrected chi connectivity index (χ2v) is 5.33.